The van der Waals surface area contributed by atoms with E-state index in [2.05, 4.69) is 6.42 Å². The highest BCUT2D eigenvalue weighted by Gasteiger charge is 2.19. The minimum absolute atomic E-state index is 0.240. The SMILES string of the molecule is O=[N+]([O-])c1cccc2c1CCC[C]2. The molecule has 1 aliphatic carbocycles. The predicted octanol–water partition coefficient (Wildman–Crippen LogP) is 2.36. The van der Waals surface area contributed by atoms with Gasteiger partial charge in [0.05, 0.1) is 4.92 Å². The molecule has 1 aromatic rings. The normalized spacial score (nSPS) is 15.1. The smallest absolute Gasteiger partial charge is 0.258 e. The van der Waals surface area contributed by atoms with Gasteiger partial charge in [0.1, 0.15) is 0 Å². The highest BCUT2D eigenvalue weighted by Crippen LogP contribution is 2.29. The molecule has 66 valence electrons. The van der Waals surface area contributed by atoms with Crippen molar-refractivity contribution in [2.75, 3.05) is 0 Å². The molecule has 2 radical (unpaired) electrons. The van der Waals surface area contributed by atoms with Crippen molar-refractivity contribution in [1.29, 1.82) is 0 Å². The molecule has 13 heavy (non-hydrogen) atoms. The second kappa shape index (κ2) is 3.17. The van der Waals surface area contributed by atoms with Crippen molar-refractivity contribution in [1.82, 2.24) is 0 Å². The number of hydrogen-bond acceptors (Lipinski definition) is 2. The Kier molecular flexibility index (Phi) is 2.00. The maximum atomic E-state index is 10.7. The van der Waals surface area contributed by atoms with Crippen LogP contribution >= 0.6 is 0 Å². The van der Waals surface area contributed by atoms with Crippen LogP contribution in [0, 0.1) is 16.5 Å². The molecule has 0 spiro atoms. The Bertz CT molecular complexity index is 347. The van der Waals surface area contributed by atoms with Crippen LogP contribution in [-0.2, 0) is 6.42 Å². The molecule has 0 amide bonds. The van der Waals surface area contributed by atoms with E-state index in [0.29, 0.717) is 0 Å². The van der Waals surface area contributed by atoms with Crippen LogP contribution in [0.1, 0.15) is 24.0 Å². The van der Waals surface area contributed by atoms with Crippen molar-refractivity contribution >= 4 is 5.69 Å². The van der Waals surface area contributed by atoms with Gasteiger partial charge in [-0.05, 0) is 24.8 Å². The first-order valence-corrected chi connectivity index (χ1v) is 4.29. The maximum Gasteiger partial charge on any atom is 0.272 e. The Labute approximate surface area is 76.5 Å². The van der Waals surface area contributed by atoms with E-state index in [9.17, 15) is 10.1 Å². The van der Waals surface area contributed by atoms with Gasteiger partial charge in [-0.1, -0.05) is 12.1 Å². The van der Waals surface area contributed by atoms with E-state index in [0.717, 1.165) is 30.4 Å². The lowest BCUT2D eigenvalue weighted by molar-refractivity contribution is -0.385. The highest BCUT2D eigenvalue weighted by atomic mass is 16.6. The molecule has 0 fully saturated rings. The Morgan fingerprint density at radius 2 is 2.31 bits per heavy atom. The molecule has 0 atom stereocenters. The highest BCUT2D eigenvalue weighted by molar-refractivity contribution is 5.49. The van der Waals surface area contributed by atoms with Gasteiger partial charge in [0, 0.05) is 18.1 Å². The van der Waals surface area contributed by atoms with E-state index < -0.39 is 0 Å². The van der Waals surface area contributed by atoms with Gasteiger partial charge in [0.15, 0.2) is 0 Å². The molecular weight excluding hydrogens is 166 g/mol. The molecule has 0 heterocycles. The number of rotatable bonds is 1. The zero-order valence-corrected chi connectivity index (χ0v) is 7.12. The van der Waals surface area contributed by atoms with Gasteiger partial charge in [-0.2, -0.15) is 0 Å². The summed E-state index contributed by atoms with van der Waals surface area (Å²) in [6.07, 6.45) is 5.84. The molecule has 0 aromatic heterocycles. The van der Waals surface area contributed by atoms with E-state index >= 15 is 0 Å². The largest absolute Gasteiger partial charge is 0.272 e. The van der Waals surface area contributed by atoms with Crippen LogP contribution in [0.3, 0.4) is 0 Å². The van der Waals surface area contributed by atoms with Gasteiger partial charge in [-0.3, -0.25) is 10.1 Å². The number of fused-ring (bicyclic) bond motifs is 1. The van der Waals surface area contributed by atoms with Crippen LogP contribution in [0.5, 0.6) is 0 Å². The van der Waals surface area contributed by atoms with Crippen LogP contribution in [0.2, 0.25) is 0 Å². The van der Waals surface area contributed by atoms with Crippen molar-refractivity contribution in [2.24, 2.45) is 0 Å². The lowest BCUT2D eigenvalue weighted by atomic mass is 9.91. The summed E-state index contributed by atoms with van der Waals surface area (Å²) in [4.78, 5) is 10.3. The topological polar surface area (TPSA) is 43.1 Å². The lowest BCUT2D eigenvalue weighted by Crippen LogP contribution is -2.04. The van der Waals surface area contributed by atoms with E-state index in [4.69, 9.17) is 0 Å². The summed E-state index contributed by atoms with van der Waals surface area (Å²) in [5.41, 5.74) is 2.00. The number of hydrogen-bond donors (Lipinski definition) is 0. The summed E-state index contributed by atoms with van der Waals surface area (Å²) < 4.78 is 0. The van der Waals surface area contributed by atoms with Gasteiger partial charge in [-0.25, -0.2) is 0 Å². The Morgan fingerprint density at radius 1 is 1.46 bits per heavy atom. The first kappa shape index (κ1) is 8.23. The fourth-order valence-corrected chi connectivity index (χ4v) is 1.66. The van der Waals surface area contributed by atoms with E-state index in [1.165, 1.54) is 0 Å². The average molecular weight is 175 g/mol. The molecule has 0 unspecified atom stereocenters. The Morgan fingerprint density at radius 3 is 3.08 bits per heavy atom. The molecule has 0 bridgehead atoms. The van der Waals surface area contributed by atoms with Crippen LogP contribution < -0.4 is 0 Å². The van der Waals surface area contributed by atoms with Crippen LogP contribution in [-0.4, -0.2) is 4.92 Å². The predicted molar refractivity (Wildman–Crippen MR) is 48.4 cm³/mol. The van der Waals surface area contributed by atoms with Gasteiger partial charge in [0.25, 0.3) is 5.69 Å². The summed E-state index contributed by atoms with van der Waals surface area (Å²) in [7, 11) is 0. The van der Waals surface area contributed by atoms with Crippen molar-refractivity contribution in [3.63, 3.8) is 0 Å². The third-order valence-corrected chi connectivity index (χ3v) is 2.27. The third kappa shape index (κ3) is 1.41. The third-order valence-electron chi connectivity index (χ3n) is 2.27. The molecule has 0 saturated carbocycles. The van der Waals surface area contributed by atoms with Crippen molar-refractivity contribution in [3.05, 3.63) is 45.9 Å². The summed E-state index contributed by atoms with van der Waals surface area (Å²) in [5.74, 6) is 0. The number of nitro groups is 1. The molecule has 3 heteroatoms. The van der Waals surface area contributed by atoms with E-state index in [1.54, 1.807) is 12.1 Å². The molecule has 1 aliphatic rings. The second-order valence-corrected chi connectivity index (χ2v) is 3.09. The molecule has 0 N–H and O–H groups in total. The van der Waals surface area contributed by atoms with Gasteiger partial charge in [0.2, 0.25) is 0 Å². The zero-order chi connectivity index (χ0) is 9.26. The molecule has 0 saturated heterocycles. The van der Waals surface area contributed by atoms with Gasteiger partial charge < -0.3 is 0 Å². The average Bonchev–Trinajstić information content (AvgIpc) is 2.17. The summed E-state index contributed by atoms with van der Waals surface area (Å²) in [6.45, 7) is 0. The van der Waals surface area contributed by atoms with Gasteiger partial charge in [-0.15, -0.1) is 0 Å². The number of nitro benzene ring substituents is 1. The van der Waals surface area contributed by atoms with Crippen molar-refractivity contribution < 1.29 is 4.92 Å². The number of nitrogens with zero attached hydrogens (tertiary/aromatic N) is 1. The van der Waals surface area contributed by atoms with Crippen LogP contribution in [0.15, 0.2) is 18.2 Å². The van der Waals surface area contributed by atoms with Crippen LogP contribution in [0.4, 0.5) is 5.69 Å². The molecule has 0 aliphatic heterocycles. The fraction of sp³-hybridized carbons (Fsp3) is 0.300. The molecule has 3 nitrogen and oxygen atoms in total. The van der Waals surface area contributed by atoms with Crippen LogP contribution in [0.25, 0.3) is 0 Å². The fourth-order valence-electron chi connectivity index (χ4n) is 1.66. The first-order chi connectivity index (χ1) is 6.29. The lowest BCUT2D eigenvalue weighted by Gasteiger charge is -2.13. The minimum atomic E-state index is -0.314. The van der Waals surface area contributed by atoms with Gasteiger partial charge >= 0.3 is 0 Å². The van der Waals surface area contributed by atoms with Crippen molar-refractivity contribution in [2.45, 2.75) is 19.3 Å². The quantitative estimate of drug-likeness (QED) is 0.485. The maximum absolute atomic E-state index is 10.7. The Balaban J connectivity index is 2.52. The number of benzene rings is 1. The zero-order valence-electron chi connectivity index (χ0n) is 7.12. The summed E-state index contributed by atoms with van der Waals surface area (Å²) in [6, 6.07) is 5.17. The second-order valence-electron chi connectivity index (χ2n) is 3.09. The minimum Gasteiger partial charge on any atom is -0.258 e. The monoisotopic (exact) mass is 175 g/mol. The van der Waals surface area contributed by atoms with E-state index in [1.807, 2.05) is 6.07 Å². The molecular formula is C10H9NO2. The Hall–Kier alpha value is -1.38. The molecule has 1 aromatic carbocycles. The summed E-state index contributed by atoms with van der Waals surface area (Å²) in [5, 5.41) is 10.7. The molecule has 2 rings (SSSR count). The summed E-state index contributed by atoms with van der Waals surface area (Å²) >= 11 is 0. The standard InChI is InChI=1S/C10H9NO2/c12-11(13)10-7-3-5-8-4-1-2-6-9(8)10/h3,5,7H,1-2,6H2. The van der Waals surface area contributed by atoms with E-state index in [-0.39, 0.29) is 10.6 Å². The first-order valence-electron chi connectivity index (χ1n) is 4.29. The van der Waals surface area contributed by atoms with Crippen molar-refractivity contribution in [3.8, 4) is 0 Å².